The molecule has 0 aromatic carbocycles. The smallest absolute Gasteiger partial charge is 0.273 e. The number of nitrogens with zero attached hydrogens (tertiary/aromatic N) is 10. The van der Waals surface area contributed by atoms with Gasteiger partial charge in [0.1, 0.15) is 23.4 Å². The van der Waals surface area contributed by atoms with Crippen molar-refractivity contribution in [2.75, 3.05) is 0 Å². The van der Waals surface area contributed by atoms with Crippen LogP contribution in [0.25, 0.3) is 16.9 Å². The Kier molecular flexibility index (Phi) is 5.40. The molecule has 1 saturated carbocycles. The van der Waals surface area contributed by atoms with Crippen LogP contribution in [0.15, 0.2) is 49.6 Å². The van der Waals surface area contributed by atoms with Gasteiger partial charge in [-0.2, -0.15) is 5.10 Å². The number of rotatable bonds is 7. The minimum Gasteiger partial charge on any atom is -0.345 e. The van der Waals surface area contributed by atoms with Crippen LogP contribution in [0.3, 0.4) is 0 Å². The van der Waals surface area contributed by atoms with Crippen LogP contribution in [0.4, 0.5) is 4.39 Å². The molecule has 1 N–H and O–H groups in total. The Bertz CT molecular complexity index is 1880. The summed E-state index contributed by atoms with van der Waals surface area (Å²) < 4.78 is 21.3. The first-order valence-electron chi connectivity index (χ1n) is 12.3. The lowest BCUT2D eigenvalue weighted by atomic mass is 10.2. The van der Waals surface area contributed by atoms with Crippen LogP contribution in [0.1, 0.15) is 52.0 Å². The molecule has 0 saturated heterocycles. The minimum absolute atomic E-state index is 0.000243. The van der Waals surface area contributed by atoms with E-state index in [2.05, 4.69) is 43.0 Å². The predicted octanol–water partition coefficient (Wildman–Crippen LogP) is 3.11. The van der Waals surface area contributed by atoms with Crippen molar-refractivity contribution >= 4 is 28.7 Å². The third-order valence-electron chi connectivity index (χ3n) is 6.69. The average Bonchev–Trinajstić information content (AvgIpc) is 3.26. The number of hydrogen-bond acceptors (Lipinski definition) is 7. The van der Waals surface area contributed by atoms with Crippen molar-refractivity contribution in [2.24, 2.45) is 0 Å². The Hall–Kier alpha value is -4.65. The van der Waals surface area contributed by atoms with Crippen LogP contribution < -0.4 is 5.32 Å². The number of halogens is 2. The fraction of sp³-hybridized carbons (Fsp3) is 0.240. The minimum atomic E-state index is -0.592. The number of imidazole rings is 2. The van der Waals surface area contributed by atoms with Crippen LogP contribution in [0.5, 0.6) is 0 Å². The van der Waals surface area contributed by atoms with E-state index >= 15 is 0 Å². The zero-order chi connectivity index (χ0) is 26.7. The maximum atomic E-state index is 14.5. The molecule has 39 heavy (non-hydrogen) atoms. The number of pyridine rings is 2. The van der Waals surface area contributed by atoms with Crippen LogP contribution in [-0.2, 0) is 13.1 Å². The lowest BCUT2D eigenvalue weighted by Gasteiger charge is -2.07. The topological polar surface area (TPSA) is 125 Å². The molecule has 1 aliphatic carbocycles. The van der Waals surface area contributed by atoms with Crippen molar-refractivity contribution in [3.63, 3.8) is 0 Å². The summed E-state index contributed by atoms with van der Waals surface area (Å²) in [5, 5.41) is 15.3. The molecule has 1 fully saturated rings. The number of aryl methyl sites for hydroxylation is 1. The molecule has 0 aliphatic heterocycles. The van der Waals surface area contributed by atoms with Gasteiger partial charge in [-0.15, -0.1) is 5.10 Å². The fourth-order valence-electron chi connectivity index (χ4n) is 4.61. The second-order valence-electron chi connectivity index (χ2n) is 9.54. The lowest BCUT2D eigenvalue weighted by Crippen LogP contribution is -2.23. The van der Waals surface area contributed by atoms with Crippen LogP contribution in [-0.4, -0.2) is 54.4 Å². The summed E-state index contributed by atoms with van der Waals surface area (Å²) in [6, 6.07) is 3.57. The monoisotopic (exact) mass is 545 g/mol. The van der Waals surface area contributed by atoms with E-state index in [-0.39, 0.29) is 22.8 Å². The van der Waals surface area contributed by atoms with Crippen molar-refractivity contribution in [1.29, 1.82) is 0 Å². The molecule has 7 rings (SSSR count). The van der Waals surface area contributed by atoms with Gasteiger partial charge in [-0.25, -0.2) is 28.7 Å². The predicted molar refractivity (Wildman–Crippen MR) is 137 cm³/mol. The van der Waals surface area contributed by atoms with E-state index in [0.29, 0.717) is 24.0 Å². The van der Waals surface area contributed by atoms with Crippen molar-refractivity contribution in [1.82, 2.24) is 53.8 Å². The number of carbonyl (C=O) groups excluding carboxylic acids is 1. The summed E-state index contributed by atoms with van der Waals surface area (Å²) in [6.45, 7) is 2.16. The first-order valence-corrected chi connectivity index (χ1v) is 12.7. The molecular weight excluding hydrogens is 525 g/mol. The molecule has 14 heteroatoms. The first kappa shape index (κ1) is 23.5. The Labute approximate surface area is 225 Å². The van der Waals surface area contributed by atoms with Crippen LogP contribution in [0.2, 0.25) is 5.02 Å². The molecule has 1 amide bonds. The first-order chi connectivity index (χ1) is 18.9. The van der Waals surface area contributed by atoms with Gasteiger partial charge in [0.25, 0.3) is 5.91 Å². The van der Waals surface area contributed by atoms with Gasteiger partial charge in [0.05, 0.1) is 42.0 Å². The highest BCUT2D eigenvalue weighted by Gasteiger charge is 2.26. The van der Waals surface area contributed by atoms with E-state index in [9.17, 15) is 9.18 Å². The quantitative estimate of drug-likeness (QED) is 0.327. The Morgan fingerprint density at radius 1 is 1.18 bits per heavy atom. The highest BCUT2D eigenvalue weighted by atomic mass is 35.5. The molecule has 0 radical (unpaired) electrons. The molecule has 0 atom stereocenters. The largest absolute Gasteiger partial charge is 0.345 e. The summed E-state index contributed by atoms with van der Waals surface area (Å²) in [6.07, 6.45) is 12.7. The number of carbonyl (C=O) groups is 1. The van der Waals surface area contributed by atoms with Crippen molar-refractivity contribution in [3.8, 4) is 5.69 Å². The molecule has 196 valence electrons. The van der Waals surface area contributed by atoms with E-state index in [1.807, 2.05) is 17.5 Å². The number of fused-ring (bicyclic) bond motifs is 2. The van der Waals surface area contributed by atoms with E-state index in [4.69, 9.17) is 16.6 Å². The summed E-state index contributed by atoms with van der Waals surface area (Å²) in [4.78, 5) is 26.0. The second kappa shape index (κ2) is 8.98. The molecular formula is C25H21ClFN11O. The summed E-state index contributed by atoms with van der Waals surface area (Å²) >= 11 is 5.90. The summed E-state index contributed by atoms with van der Waals surface area (Å²) in [5.74, 6) is 0.178. The normalized spacial score (nSPS) is 13.5. The van der Waals surface area contributed by atoms with Gasteiger partial charge in [-0.05, 0) is 43.4 Å². The van der Waals surface area contributed by atoms with E-state index in [0.717, 1.165) is 17.0 Å². The van der Waals surface area contributed by atoms with Crippen LogP contribution in [0, 0.1) is 12.7 Å². The maximum absolute atomic E-state index is 14.5. The highest BCUT2D eigenvalue weighted by molar-refractivity contribution is 6.31. The average molecular weight is 546 g/mol. The van der Waals surface area contributed by atoms with Gasteiger partial charge in [0.15, 0.2) is 17.2 Å². The molecule has 0 bridgehead atoms. The molecule has 0 spiro atoms. The Balaban J connectivity index is 1.10. The third-order valence-corrected chi connectivity index (χ3v) is 6.98. The fourth-order valence-corrected chi connectivity index (χ4v) is 4.76. The summed E-state index contributed by atoms with van der Waals surface area (Å²) in [5.41, 5.74) is 4.27. The highest BCUT2D eigenvalue weighted by Crippen LogP contribution is 2.41. The van der Waals surface area contributed by atoms with Crippen molar-refractivity contribution in [3.05, 3.63) is 88.9 Å². The Morgan fingerprint density at radius 3 is 2.85 bits per heavy atom. The van der Waals surface area contributed by atoms with Crippen molar-refractivity contribution < 1.29 is 9.18 Å². The zero-order valence-electron chi connectivity index (χ0n) is 20.7. The van der Waals surface area contributed by atoms with Gasteiger partial charge >= 0.3 is 0 Å². The second-order valence-corrected chi connectivity index (χ2v) is 9.95. The van der Waals surface area contributed by atoms with E-state index in [1.54, 1.807) is 28.1 Å². The SMILES string of the molecule is Cc1ncn(-c2cc(C3CC3)cn3cc(Cn4cc(C(=O)NCc5ncn6ccc(Cl)c(F)c56)nn4)nc23)n1. The van der Waals surface area contributed by atoms with Gasteiger partial charge in [-0.1, -0.05) is 16.8 Å². The third kappa shape index (κ3) is 4.30. The molecule has 6 heterocycles. The van der Waals surface area contributed by atoms with Crippen molar-refractivity contribution in [2.45, 2.75) is 38.8 Å². The van der Waals surface area contributed by atoms with Gasteiger partial charge in [0, 0.05) is 18.6 Å². The number of nitrogens with one attached hydrogen (secondary N) is 1. The van der Waals surface area contributed by atoms with E-state index in [1.165, 1.54) is 35.2 Å². The standard InChI is InChI=1S/C25H21ClFN11O/c1-14-29-13-38(33-14)21-6-16(15-2-3-15)8-36-9-17(31-24(21)36)10-37-11-20(32-34-37)25(39)28-7-19-23-22(27)18(26)4-5-35(23)12-30-19/h4-6,8-9,11-13,15H,2-3,7,10H2,1H3,(H,28,39). The van der Waals surface area contributed by atoms with E-state index < -0.39 is 11.7 Å². The van der Waals surface area contributed by atoms with Gasteiger partial charge < -0.3 is 14.1 Å². The molecule has 6 aromatic heterocycles. The lowest BCUT2D eigenvalue weighted by molar-refractivity contribution is 0.0945. The van der Waals surface area contributed by atoms with Gasteiger partial charge in [0.2, 0.25) is 0 Å². The van der Waals surface area contributed by atoms with Crippen LogP contribution >= 0.6 is 11.6 Å². The molecule has 1 aliphatic rings. The number of hydrogen-bond donors (Lipinski definition) is 1. The number of aromatic nitrogens is 10. The maximum Gasteiger partial charge on any atom is 0.273 e. The molecule has 0 unspecified atom stereocenters. The van der Waals surface area contributed by atoms with Gasteiger partial charge in [-0.3, -0.25) is 4.79 Å². The molecule has 12 nitrogen and oxygen atoms in total. The zero-order valence-corrected chi connectivity index (χ0v) is 21.4. The molecule has 6 aromatic rings. The number of amides is 1. The summed E-state index contributed by atoms with van der Waals surface area (Å²) in [7, 11) is 0. The Morgan fingerprint density at radius 2 is 2.05 bits per heavy atom.